The van der Waals surface area contributed by atoms with Crippen LogP contribution in [0.5, 0.6) is 0 Å². The summed E-state index contributed by atoms with van der Waals surface area (Å²) in [6, 6.07) is 0. The van der Waals surface area contributed by atoms with E-state index < -0.39 is 0 Å². The fourth-order valence-corrected chi connectivity index (χ4v) is 2.45. The SMILES string of the molecule is C=C(COCOCC(C)(C)C)C(=O)OC1(CC)CCCC1. The van der Waals surface area contributed by atoms with Gasteiger partial charge in [0.15, 0.2) is 0 Å². The summed E-state index contributed by atoms with van der Waals surface area (Å²) in [5.41, 5.74) is 0.187. The van der Waals surface area contributed by atoms with E-state index in [1.807, 2.05) is 0 Å². The van der Waals surface area contributed by atoms with Crippen molar-refractivity contribution < 1.29 is 19.0 Å². The molecule has 0 radical (unpaired) electrons. The molecule has 0 bridgehead atoms. The molecule has 0 amide bonds. The van der Waals surface area contributed by atoms with E-state index in [9.17, 15) is 4.79 Å². The van der Waals surface area contributed by atoms with E-state index in [2.05, 4.69) is 34.3 Å². The van der Waals surface area contributed by atoms with Crippen LogP contribution in [0, 0.1) is 5.41 Å². The van der Waals surface area contributed by atoms with Crippen molar-refractivity contribution in [3.05, 3.63) is 12.2 Å². The highest BCUT2D eigenvalue weighted by Crippen LogP contribution is 2.36. The van der Waals surface area contributed by atoms with Crippen molar-refractivity contribution in [2.24, 2.45) is 5.41 Å². The maximum Gasteiger partial charge on any atom is 0.336 e. The zero-order valence-electron chi connectivity index (χ0n) is 14.0. The summed E-state index contributed by atoms with van der Waals surface area (Å²) >= 11 is 0. The number of ether oxygens (including phenoxy) is 3. The second-order valence-corrected chi connectivity index (χ2v) is 7.11. The number of esters is 1. The molecule has 0 aromatic rings. The summed E-state index contributed by atoms with van der Waals surface area (Å²) in [7, 11) is 0. The minimum absolute atomic E-state index is 0.106. The molecule has 0 aromatic heterocycles. The third kappa shape index (κ3) is 6.62. The monoisotopic (exact) mass is 298 g/mol. The minimum Gasteiger partial charge on any atom is -0.456 e. The van der Waals surface area contributed by atoms with Gasteiger partial charge in [0.2, 0.25) is 0 Å². The summed E-state index contributed by atoms with van der Waals surface area (Å²) in [5.74, 6) is -0.338. The van der Waals surface area contributed by atoms with Gasteiger partial charge in [-0.25, -0.2) is 4.79 Å². The lowest BCUT2D eigenvalue weighted by Crippen LogP contribution is -2.32. The number of hydrogen-bond acceptors (Lipinski definition) is 4. The Hall–Kier alpha value is -0.870. The average Bonchev–Trinajstić information content (AvgIpc) is 2.86. The van der Waals surface area contributed by atoms with Gasteiger partial charge in [-0.2, -0.15) is 0 Å². The van der Waals surface area contributed by atoms with Crippen LogP contribution in [0.1, 0.15) is 59.8 Å². The molecule has 0 aromatic carbocycles. The van der Waals surface area contributed by atoms with Crippen molar-refractivity contribution in [1.82, 2.24) is 0 Å². The van der Waals surface area contributed by atoms with E-state index in [4.69, 9.17) is 14.2 Å². The maximum atomic E-state index is 12.0. The maximum absolute atomic E-state index is 12.0. The van der Waals surface area contributed by atoms with Crippen molar-refractivity contribution in [2.45, 2.75) is 65.4 Å². The first kappa shape index (κ1) is 18.2. The summed E-state index contributed by atoms with van der Waals surface area (Å²) in [5, 5.41) is 0. The Morgan fingerprint density at radius 3 is 2.33 bits per heavy atom. The van der Waals surface area contributed by atoms with Crippen LogP contribution in [0.2, 0.25) is 0 Å². The Kier molecular flexibility index (Phi) is 6.88. The Labute approximate surface area is 128 Å². The molecule has 0 saturated heterocycles. The predicted molar refractivity (Wildman–Crippen MR) is 82.9 cm³/mol. The number of carbonyl (C=O) groups excluding carboxylic acids is 1. The first-order chi connectivity index (χ1) is 9.78. The fourth-order valence-electron chi connectivity index (χ4n) is 2.45. The largest absolute Gasteiger partial charge is 0.456 e. The smallest absolute Gasteiger partial charge is 0.336 e. The van der Waals surface area contributed by atoms with E-state index in [0.29, 0.717) is 12.2 Å². The lowest BCUT2D eigenvalue weighted by atomic mass is 9.99. The van der Waals surface area contributed by atoms with Gasteiger partial charge in [0.25, 0.3) is 0 Å². The number of rotatable bonds is 8. The molecule has 1 aliphatic carbocycles. The van der Waals surface area contributed by atoms with E-state index in [1.54, 1.807) is 0 Å². The first-order valence-electron chi connectivity index (χ1n) is 7.85. The van der Waals surface area contributed by atoms with Crippen molar-refractivity contribution >= 4 is 5.97 Å². The van der Waals surface area contributed by atoms with Gasteiger partial charge in [-0.3, -0.25) is 0 Å². The van der Waals surface area contributed by atoms with Crippen LogP contribution in [-0.2, 0) is 19.0 Å². The molecule has 0 atom stereocenters. The van der Waals surface area contributed by atoms with E-state index in [0.717, 1.165) is 32.1 Å². The quantitative estimate of drug-likeness (QED) is 0.295. The van der Waals surface area contributed by atoms with Gasteiger partial charge >= 0.3 is 5.97 Å². The van der Waals surface area contributed by atoms with Gasteiger partial charge in [-0.05, 0) is 37.5 Å². The Morgan fingerprint density at radius 2 is 1.81 bits per heavy atom. The predicted octanol–water partition coefficient (Wildman–Crippen LogP) is 3.85. The highest BCUT2D eigenvalue weighted by atomic mass is 16.7. The van der Waals surface area contributed by atoms with Crippen molar-refractivity contribution in [3.8, 4) is 0 Å². The van der Waals surface area contributed by atoms with Gasteiger partial charge in [-0.15, -0.1) is 0 Å². The van der Waals surface area contributed by atoms with Gasteiger partial charge in [0.1, 0.15) is 12.4 Å². The third-order valence-electron chi connectivity index (χ3n) is 3.74. The lowest BCUT2D eigenvalue weighted by molar-refractivity contribution is -0.156. The molecule has 1 saturated carbocycles. The molecule has 0 aliphatic heterocycles. The number of hydrogen-bond donors (Lipinski definition) is 0. The molecular weight excluding hydrogens is 268 g/mol. The molecule has 4 heteroatoms. The average molecular weight is 298 g/mol. The minimum atomic E-state index is -0.338. The van der Waals surface area contributed by atoms with Crippen molar-refractivity contribution in [2.75, 3.05) is 20.0 Å². The van der Waals surface area contributed by atoms with Gasteiger partial charge in [0.05, 0.1) is 18.8 Å². The summed E-state index contributed by atoms with van der Waals surface area (Å²) in [4.78, 5) is 12.0. The van der Waals surface area contributed by atoms with Crippen LogP contribution in [0.25, 0.3) is 0 Å². The zero-order valence-corrected chi connectivity index (χ0v) is 14.0. The molecule has 1 rings (SSSR count). The van der Waals surface area contributed by atoms with Crippen LogP contribution in [0.3, 0.4) is 0 Å². The van der Waals surface area contributed by atoms with Crippen LogP contribution < -0.4 is 0 Å². The number of carbonyl (C=O) groups is 1. The lowest BCUT2D eigenvalue weighted by Gasteiger charge is -2.28. The summed E-state index contributed by atoms with van der Waals surface area (Å²) in [6.45, 7) is 13.0. The van der Waals surface area contributed by atoms with Crippen molar-refractivity contribution in [3.63, 3.8) is 0 Å². The van der Waals surface area contributed by atoms with E-state index >= 15 is 0 Å². The van der Waals surface area contributed by atoms with Gasteiger partial charge in [-0.1, -0.05) is 34.3 Å². The molecule has 0 spiro atoms. The molecule has 1 aliphatic rings. The molecule has 0 heterocycles. The highest BCUT2D eigenvalue weighted by molar-refractivity contribution is 5.88. The van der Waals surface area contributed by atoms with Crippen LogP contribution in [0.4, 0.5) is 0 Å². The summed E-state index contributed by atoms with van der Waals surface area (Å²) in [6.07, 6.45) is 5.03. The normalized spacial score (nSPS) is 17.7. The zero-order chi connectivity index (χ0) is 15.9. The molecule has 0 N–H and O–H groups in total. The van der Waals surface area contributed by atoms with E-state index in [1.165, 1.54) is 0 Å². The Bertz CT molecular complexity index is 348. The van der Waals surface area contributed by atoms with Crippen LogP contribution >= 0.6 is 0 Å². The van der Waals surface area contributed by atoms with E-state index in [-0.39, 0.29) is 30.4 Å². The Morgan fingerprint density at radius 1 is 1.19 bits per heavy atom. The standard InChI is InChI=1S/C17H30O4/c1-6-17(9-7-8-10-17)21-15(18)14(2)11-19-13-20-12-16(3,4)5/h2,6-13H2,1,3-5H3. The fraction of sp³-hybridized carbons (Fsp3) is 0.824. The van der Waals surface area contributed by atoms with Crippen LogP contribution in [-0.4, -0.2) is 31.6 Å². The topological polar surface area (TPSA) is 44.8 Å². The molecule has 122 valence electrons. The van der Waals surface area contributed by atoms with Crippen molar-refractivity contribution in [1.29, 1.82) is 0 Å². The molecule has 21 heavy (non-hydrogen) atoms. The Balaban J connectivity index is 2.24. The third-order valence-corrected chi connectivity index (χ3v) is 3.74. The molecule has 4 nitrogen and oxygen atoms in total. The van der Waals surface area contributed by atoms with Crippen LogP contribution in [0.15, 0.2) is 12.2 Å². The second-order valence-electron chi connectivity index (χ2n) is 7.11. The first-order valence-corrected chi connectivity index (χ1v) is 7.85. The van der Waals surface area contributed by atoms with Gasteiger partial charge in [0, 0.05) is 0 Å². The molecular formula is C17H30O4. The molecule has 0 unspecified atom stereocenters. The van der Waals surface area contributed by atoms with Gasteiger partial charge < -0.3 is 14.2 Å². The molecule has 1 fully saturated rings. The summed E-state index contributed by atoms with van der Waals surface area (Å²) < 4.78 is 16.4. The second kappa shape index (κ2) is 7.95. The highest BCUT2D eigenvalue weighted by Gasteiger charge is 2.36.